The van der Waals surface area contributed by atoms with E-state index in [2.05, 4.69) is 6.58 Å². The summed E-state index contributed by atoms with van der Waals surface area (Å²) in [6, 6.07) is 5.48. The van der Waals surface area contributed by atoms with Crippen LogP contribution in [0.15, 0.2) is 42.5 Å². The lowest BCUT2D eigenvalue weighted by atomic mass is 9.76. The van der Waals surface area contributed by atoms with E-state index in [-0.39, 0.29) is 17.5 Å². The summed E-state index contributed by atoms with van der Waals surface area (Å²) in [5.74, 6) is 1.56. The van der Waals surface area contributed by atoms with E-state index in [0.717, 1.165) is 30.4 Å². The largest absolute Gasteiger partial charge is 0.504 e. The molecule has 1 N–H and O–H groups in total. The zero-order valence-corrected chi connectivity index (χ0v) is 12.2. The van der Waals surface area contributed by atoms with Crippen LogP contribution < -0.4 is 4.74 Å². The molecule has 1 aromatic rings. The average Bonchev–Trinajstić information content (AvgIpc) is 2.88. The summed E-state index contributed by atoms with van der Waals surface area (Å²) in [4.78, 5) is 12.2. The fraction of sp³-hybridized carbons (Fsp3) is 0.389. The van der Waals surface area contributed by atoms with Crippen LogP contribution in [0.3, 0.4) is 0 Å². The van der Waals surface area contributed by atoms with Gasteiger partial charge in [0, 0.05) is 5.92 Å². The summed E-state index contributed by atoms with van der Waals surface area (Å²) < 4.78 is 5.06. The van der Waals surface area contributed by atoms with Gasteiger partial charge in [0.05, 0.1) is 7.11 Å². The van der Waals surface area contributed by atoms with Crippen molar-refractivity contribution < 1.29 is 14.6 Å². The SMILES string of the molecule is C=C1C=CC(=O)[C@@H]2[C@H](Cc3ccc(OC)c(O)c3)CC[C@H]12. The zero-order valence-electron chi connectivity index (χ0n) is 12.2. The van der Waals surface area contributed by atoms with Gasteiger partial charge in [-0.05, 0) is 54.9 Å². The number of fused-ring (bicyclic) bond motifs is 1. The number of carbonyl (C=O) groups is 1. The van der Waals surface area contributed by atoms with Crippen LogP contribution in [-0.4, -0.2) is 18.0 Å². The lowest BCUT2D eigenvalue weighted by Gasteiger charge is -2.26. The number of rotatable bonds is 3. The molecule has 3 rings (SSSR count). The minimum absolute atomic E-state index is 0.0618. The molecule has 0 radical (unpaired) electrons. The van der Waals surface area contributed by atoms with Gasteiger partial charge in [-0.2, -0.15) is 0 Å². The Bertz CT molecular complexity index is 615. The molecule has 0 aromatic heterocycles. The number of benzene rings is 1. The number of phenolic OH excluding ortho intramolecular Hbond substituents is 1. The Morgan fingerprint density at radius 1 is 1.33 bits per heavy atom. The molecule has 3 atom stereocenters. The average molecular weight is 284 g/mol. The van der Waals surface area contributed by atoms with E-state index in [0.29, 0.717) is 17.6 Å². The van der Waals surface area contributed by atoms with Gasteiger partial charge >= 0.3 is 0 Å². The third kappa shape index (κ3) is 2.48. The standard InChI is InChI=1S/C18H20O3/c1-11-3-7-15(19)18-13(5-6-14(11)18)9-12-4-8-17(21-2)16(20)10-12/h3-4,7-8,10,13-14,18,20H,1,5-6,9H2,2H3/t13-,14+,18+/m0/s1. The normalized spacial score (nSPS) is 27.8. The Balaban J connectivity index is 1.79. The van der Waals surface area contributed by atoms with Gasteiger partial charge in [0.2, 0.25) is 0 Å². The molecule has 0 aliphatic heterocycles. The van der Waals surface area contributed by atoms with Crippen molar-refractivity contribution in [2.75, 3.05) is 7.11 Å². The van der Waals surface area contributed by atoms with E-state index in [1.807, 2.05) is 12.1 Å². The van der Waals surface area contributed by atoms with Crippen LogP contribution in [0.1, 0.15) is 18.4 Å². The summed E-state index contributed by atoms with van der Waals surface area (Å²) in [5.41, 5.74) is 2.13. The van der Waals surface area contributed by atoms with Crippen LogP contribution in [0.5, 0.6) is 11.5 Å². The first kappa shape index (κ1) is 13.9. The maximum atomic E-state index is 12.2. The van der Waals surface area contributed by atoms with Crippen LogP contribution in [0.25, 0.3) is 0 Å². The highest BCUT2D eigenvalue weighted by atomic mass is 16.5. The van der Waals surface area contributed by atoms with Gasteiger partial charge in [-0.25, -0.2) is 0 Å². The molecule has 110 valence electrons. The molecule has 0 heterocycles. The molecule has 0 saturated heterocycles. The smallest absolute Gasteiger partial charge is 0.160 e. The predicted molar refractivity (Wildman–Crippen MR) is 81.4 cm³/mol. The molecule has 3 nitrogen and oxygen atoms in total. The molecule has 1 aromatic carbocycles. The number of aromatic hydroxyl groups is 1. The number of methoxy groups -OCH3 is 1. The third-order valence-electron chi connectivity index (χ3n) is 4.80. The van der Waals surface area contributed by atoms with Crippen LogP contribution in [0, 0.1) is 17.8 Å². The number of ether oxygens (including phenoxy) is 1. The highest BCUT2D eigenvalue weighted by Crippen LogP contribution is 2.45. The van der Waals surface area contributed by atoms with Crippen LogP contribution in [0.2, 0.25) is 0 Å². The second-order valence-electron chi connectivity index (χ2n) is 5.99. The molecule has 0 bridgehead atoms. The zero-order chi connectivity index (χ0) is 15.0. The highest BCUT2D eigenvalue weighted by molar-refractivity contribution is 5.94. The molecular weight excluding hydrogens is 264 g/mol. The second-order valence-corrected chi connectivity index (χ2v) is 5.99. The highest BCUT2D eigenvalue weighted by Gasteiger charge is 2.42. The summed E-state index contributed by atoms with van der Waals surface area (Å²) in [6.45, 7) is 4.07. The van der Waals surface area contributed by atoms with Crippen LogP contribution in [-0.2, 0) is 11.2 Å². The van der Waals surface area contributed by atoms with Crippen molar-refractivity contribution >= 4 is 5.78 Å². The van der Waals surface area contributed by atoms with Crippen molar-refractivity contribution in [2.45, 2.75) is 19.3 Å². The summed E-state index contributed by atoms with van der Waals surface area (Å²) in [5, 5.41) is 9.87. The quantitative estimate of drug-likeness (QED) is 0.926. The lowest BCUT2D eigenvalue weighted by molar-refractivity contribution is -0.120. The maximum Gasteiger partial charge on any atom is 0.160 e. The number of hydrogen-bond donors (Lipinski definition) is 1. The Morgan fingerprint density at radius 2 is 2.14 bits per heavy atom. The van der Waals surface area contributed by atoms with E-state index < -0.39 is 0 Å². The minimum Gasteiger partial charge on any atom is -0.504 e. The van der Waals surface area contributed by atoms with Gasteiger partial charge in [-0.1, -0.05) is 24.3 Å². The topological polar surface area (TPSA) is 46.5 Å². The maximum absolute atomic E-state index is 12.2. The fourth-order valence-electron chi connectivity index (χ4n) is 3.75. The fourth-order valence-corrected chi connectivity index (χ4v) is 3.75. The number of phenols is 1. The molecule has 0 spiro atoms. The molecule has 1 saturated carbocycles. The number of allylic oxidation sites excluding steroid dienone is 3. The minimum atomic E-state index is 0.0618. The Morgan fingerprint density at radius 3 is 2.86 bits per heavy atom. The van der Waals surface area contributed by atoms with Gasteiger partial charge in [-0.15, -0.1) is 0 Å². The Labute approximate surface area is 124 Å². The third-order valence-corrected chi connectivity index (χ3v) is 4.80. The van der Waals surface area contributed by atoms with Crippen LogP contribution in [0.4, 0.5) is 0 Å². The number of carbonyl (C=O) groups excluding carboxylic acids is 1. The molecule has 1 fully saturated rings. The first-order valence-corrected chi connectivity index (χ1v) is 7.36. The lowest BCUT2D eigenvalue weighted by Crippen LogP contribution is -2.28. The molecule has 3 heteroatoms. The molecule has 0 amide bonds. The van der Waals surface area contributed by atoms with Gasteiger partial charge < -0.3 is 9.84 Å². The second kappa shape index (κ2) is 5.40. The molecule has 21 heavy (non-hydrogen) atoms. The van der Waals surface area contributed by atoms with Gasteiger partial charge in [0.1, 0.15) is 0 Å². The van der Waals surface area contributed by atoms with Gasteiger partial charge in [-0.3, -0.25) is 4.79 Å². The summed E-state index contributed by atoms with van der Waals surface area (Å²) >= 11 is 0. The Kier molecular flexibility index (Phi) is 3.58. The van der Waals surface area contributed by atoms with E-state index in [4.69, 9.17) is 4.74 Å². The van der Waals surface area contributed by atoms with E-state index in [1.54, 1.807) is 18.2 Å². The molecule has 2 aliphatic carbocycles. The first-order valence-electron chi connectivity index (χ1n) is 7.36. The van der Waals surface area contributed by atoms with Crippen LogP contribution >= 0.6 is 0 Å². The van der Waals surface area contributed by atoms with Crippen molar-refractivity contribution in [2.24, 2.45) is 17.8 Å². The van der Waals surface area contributed by atoms with E-state index >= 15 is 0 Å². The number of ketones is 1. The molecule has 0 unspecified atom stereocenters. The van der Waals surface area contributed by atoms with E-state index in [9.17, 15) is 9.90 Å². The first-order chi connectivity index (χ1) is 10.1. The van der Waals surface area contributed by atoms with Crippen molar-refractivity contribution in [1.29, 1.82) is 0 Å². The van der Waals surface area contributed by atoms with Gasteiger partial charge in [0.15, 0.2) is 17.3 Å². The Hall–Kier alpha value is -2.03. The van der Waals surface area contributed by atoms with Crippen molar-refractivity contribution in [3.63, 3.8) is 0 Å². The van der Waals surface area contributed by atoms with Gasteiger partial charge in [0.25, 0.3) is 0 Å². The van der Waals surface area contributed by atoms with Crippen molar-refractivity contribution in [3.8, 4) is 11.5 Å². The monoisotopic (exact) mass is 284 g/mol. The number of hydrogen-bond acceptors (Lipinski definition) is 3. The summed E-state index contributed by atoms with van der Waals surface area (Å²) in [6.07, 6.45) is 6.42. The molecular formula is C18H20O3. The van der Waals surface area contributed by atoms with Crippen molar-refractivity contribution in [1.82, 2.24) is 0 Å². The molecule has 2 aliphatic rings. The van der Waals surface area contributed by atoms with E-state index in [1.165, 1.54) is 7.11 Å². The van der Waals surface area contributed by atoms with Crippen molar-refractivity contribution in [3.05, 3.63) is 48.1 Å². The predicted octanol–water partition coefficient (Wildman–Crippen LogP) is 3.28. The summed E-state index contributed by atoms with van der Waals surface area (Å²) in [7, 11) is 1.54.